The molecule has 0 saturated heterocycles. The van der Waals surface area contributed by atoms with Crippen molar-refractivity contribution in [3.8, 4) is 34.8 Å². The molecule has 1 heterocycles. The van der Waals surface area contributed by atoms with Gasteiger partial charge >= 0.3 is 5.97 Å². The zero-order valence-corrected chi connectivity index (χ0v) is 24.4. The van der Waals surface area contributed by atoms with Crippen molar-refractivity contribution in [2.75, 3.05) is 13.2 Å². The molecule has 0 bridgehead atoms. The van der Waals surface area contributed by atoms with Crippen LogP contribution in [0.1, 0.15) is 46.8 Å². The summed E-state index contributed by atoms with van der Waals surface area (Å²) in [4.78, 5) is 12.8. The highest BCUT2D eigenvalue weighted by atomic mass is 35.5. The Kier molecular flexibility index (Phi) is 9.04. The highest BCUT2D eigenvalue weighted by molar-refractivity contribution is 6.30. The molecule has 9 heteroatoms. The van der Waals surface area contributed by atoms with Gasteiger partial charge in [0, 0.05) is 16.7 Å². The van der Waals surface area contributed by atoms with Crippen molar-refractivity contribution in [3.05, 3.63) is 124 Å². The van der Waals surface area contributed by atoms with Gasteiger partial charge in [0.05, 0.1) is 24.7 Å². The van der Waals surface area contributed by atoms with Crippen molar-refractivity contribution in [1.82, 2.24) is 0 Å². The predicted molar refractivity (Wildman–Crippen MR) is 162 cm³/mol. The number of carbonyl (C=O) groups excluding carboxylic acids is 1. The summed E-state index contributed by atoms with van der Waals surface area (Å²) in [6.45, 7) is 5.04. The van der Waals surface area contributed by atoms with E-state index in [2.05, 4.69) is 6.07 Å². The number of hydrogen-bond acceptors (Lipinski definition) is 8. The summed E-state index contributed by atoms with van der Waals surface area (Å²) in [7, 11) is 0. The molecule has 0 spiro atoms. The van der Waals surface area contributed by atoms with Crippen molar-refractivity contribution in [2.24, 2.45) is 5.73 Å². The maximum Gasteiger partial charge on any atom is 0.343 e. The second kappa shape index (κ2) is 13.2. The number of benzene rings is 4. The average Bonchev–Trinajstić information content (AvgIpc) is 3.01. The summed E-state index contributed by atoms with van der Waals surface area (Å²) in [5, 5.41) is 10.7. The standard InChI is InChI=1S/C34H29ClN2O6/c1-3-39-25-12-7-22(8-13-25)34(38)42-26-14-15-27-30(18-26)43-33(37)28(19-36)32(27)23-9-16-29(31(17-23)40-4-2)41-20-21-5-10-24(35)11-6-21/h5-18,32H,3-4,20,37H2,1-2H3. The fourth-order valence-electron chi connectivity index (χ4n) is 4.70. The number of rotatable bonds is 10. The van der Waals surface area contributed by atoms with Gasteiger partial charge < -0.3 is 29.4 Å². The van der Waals surface area contributed by atoms with E-state index in [1.807, 2.05) is 56.3 Å². The number of ether oxygens (including phenoxy) is 5. The molecule has 8 nitrogen and oxygen atoms in total. The molecule has 0 aromatic heterocycles. The van der Waals surface area contributed by atoms with Crippen molar-refractivity contribution in [1.29, 1.82) is 5.26 Å². The number of esters is 1. The number of allylic oxidation sites excluding steroid dienone is 1. The molecular formula is C34H29ClN2O6. The summed E-state index contributed by atoms with van der Waals surface area (Å²) in [5.41, 5.74) is 9.23. The minimum Gasteiger partial charge on any atom is -0.494 e. The first kappa shape index (κ1) is 29.4. The van der Waals surface area contributed by atoms with Gasteiger partial charge in [0.15, 0.2) is 11.5 Å². The Hall–Kier alpha value is -5.13. The lowest BCUT2D eigenvalue weighted by molar-refractivity contribution is 0.0734. The second-order valence-corrected chi connectivity index (χ2v) is 9.96. The lowest BCUT2D eigenvalue weighted by Gasteiger charge is -2.27. The topological polar surface area (TPSA) is 113 Å². The molecular weight excluding hydrogens is 568 g/mol. The van der Waals surface area contributed by atoms with Crippen LogP contribution in [0.15, 0.2) is 96.4 Å². The quantitative estimate of drug-likeness (QED) is 0.152. The minimum atomic E-state index is -0.547. The molecule has 1 aliphatic heterocycles. The normalized spacial score (nSPS) is 13.8. The van der Waals surface area contributed by atoms with E-state index in [1.165, 1.54) is 0 Å². The van der Waals surface area contributed by atoms with Crippen molar-refractivity contribution in [2.45, 2.75) is 26.4 Å². The number of halogens is 1. The lowest BCUT2D eigenvalue weighted by atomic mass is 9.83. The van der Waals surface area contributed by atoms with Crippen LogP contribution in [0, 0.1) is 11.3 Å². The van der Waals surface area contributed by atoms with Gasteiger partial charge in [0.1, 0.15) is 35.5 Å². The number of nitrogens with two attached hydrogens (primary N) is 1. The highest BCUT2D eigenvalue weighted by Gasteiger charge is 2.32. The fraction of sp³-hybridized carbons (Fsp3) is 0.176. The van der Waals surface area contributed by atoms with Crippen LogP contribution < -0.4 is 29.4 Å². The molecule has 0 fully saturated rings. The average molecular weight is 597 g/mol. The summed E-state index contributed by atoms with van der Waals surface area (Å²) >= 11 is 6.00. The van der Waals surface area contributed by atoms with Gasteiger partial charge in [-0.2, -0.15) is 5.26 Å². The molecule has 4 aromatic carbocycles. The maximum absolute atomic E-state index is 12.8. The van der Waals surface area contributed by atoms with E-state index >= 15 is 0 Å². The molecule has 0 saturated carbocycles. The third kappa shape index (κ3) is 6.69. The Morgan fingerprint density at radius 3 is 2.30 bits per heavy atom. The molecule has 0 radical (unpaired) electrons. The van der Waals surface area contributed by atoms with Crippen LogP contribution in [0.25, 0.3) is 0 Å². The van der Waals surface area contributed by atoms with E-state index in [0.29, 0.717) is 59.0 Å². The van der Waals surface area contributed by atoms with E-state index in [1.54, 1.807) is 42.5 Å². The summed E-state index contributed by atoms with van der Waals surface area (Å²) in [5.74, 6) is 1.28. The van der Waals surface area contributed by atoms with Gasteiger partial charge in [-0.05, 0) is 79.6 Å². The van der Waals surface area contributed by atoms with Crippen LogP contribution in [0.2, 0.25) is 5.02 Å². The van der Waals surface area contributed by atoms with Gasteiger partial charge in [-0.15, -0.1) is 0 Å². The first-order valence-corrected chi connectivity index (χ1v) is 14.1. The van der Waals surface area contributed by atoms with Crippen LogP contribution in [-0.4, -0.2) is 19.2 Å². The Balaban J connectivity index is 1.41. The van der Waals surface area contributed by atoms with Crippen molar-refractivity contribution >= 4 is 17.6 Å². The van der Waals surface area contributed by atoms with E-state index in [0.717, 1.165) is 11.1 Å². The van der Waals surface area contributed by atoms with Crippen LogP contribution in [-0.2, 0) is 6.61 Å². The van der Waals surface area contributed by atoms with Crippen molar-refractivity contribution in [3.63, 3.8) is 0 Å². The SMILES string of the molecule is CCOc1ccc(C(=O)Oc2ccc3c(c2)OC(N)=C(C#N)C3c2ccc(OCc3ccc(Cl)cc3)c(OCC)c2)cc1. The number of fused-ring (bicyclic) bond motifs is 1. The minimum absolute atomic E-state index is 0.0315. The fourth-order valence-corrected chi connectivity index (χ4v) is 4.82. The highest BCUT2D eigenvalue weighted by Crippen LogP contribution is 2.45. The van der Waals surface area contributed by atoms with E-state index in [-0.39, 0.29) is 17.2 Å². The zero-order valence-electron chi connectivity index (χ0n) is 23.6. The number of nitriles is 1. The summed E-state index contributed by atoms with van der Waals surface area (Å²) < 4.78 is 28.8. The molecule has 0 aliphatic carbocycles. The van der Waals surface area contributed by atoms with Gasteiger partial charge in [-0.1, -0.05) is 35.9 Å². The van der Waals surface area contributed by atoms with E-state index in [4.69, 9.17) is 41.0 Å². The summed E-state index contributed by atoms with van der Waals surface area (Å²) in [6, 6.07) is 26.8. The second-order valence-electron chi connectivity index (χ2n) is 9.53. The molecule has 2 N–H and O–H groups in total. The first-order valence-electron chi connectivity index (χ1n) is 13.7. The van der Waals surface area contributed by atoms with Crippen LogP contribution in [0.5, 0.6) is 28.7 Å². The Bertz CT molecular complexity index is 1690. The van der Waals surface area contributed by atoms with Gasteiger partial charge in [-0.3, -0.25) is 0 Å². The molecule has 43 heavy (non-hydrogen) atoms. The molecule has 218 valence electrons. The van der Waals surface area contributed by atoms with Gasteiger partial charge in [-0.25, -0.2) is 4.79 Å². The number of nitrogens with zero attached hydrogens (tertiary/aromatic N) is 1. The number of hydrogen-bond donors (Lipinski definition) is 1. The largest absolute Gasteiger partial charge is 0.494 e. The molecule has 1 unspecified atom stereocenters. The third-order valence-electron chi connectivity index (χ3n) is 6.71. The first-order chi connectivity index (χ1) is 20.9. The third-order valence-corrected chi connectivity index (χ3v) is 6.96. The molecule has 4 aromatic rings. The maximum atomic E-state index is 12.8. The van der Waals surface area contributed by atoms with Crippen LogP contribution >= 0.6 is 11.6 Å². The van der Waals surface area contributed by atoms with E-state index < -0.39 is 11.9 Å². The van der Waals surface area contributed by atoms with Gasteiger partial charge in [0.2, 0.25) is 5.88 Å². The van der Waals surface area contributed by atoms with Crippen molar-refractivity contribution < 1.29 is 28.5 Å². The Morgan fingerprint density at radius 2 is 1.60 bits per heavy atom. The zero-order chi connectivity index (χ0) is 30.3. The summed E-state index contributed by atoms with van der Waals surface area (Å²) in [6.07, 6.45) is 0. The smallest absolute Gasteiger partial charge is 0.343 e. The molecule has 1 aliphatic rings. The van der Waals surface area contributed by atoms with E-state index in [9.17, 15) is 10.1 Å². The Morgan fingerprint density at radius 1 is 0.884 bits per heavy atom. The predicted octanol–water partition coefficient (Wildman–Crippen LogP) is 7.15. The van der Waals surface area contributed by atoms with Gasteiger partial charge in [0.25, 0.3) is 0 Å². The lowest BCUT2D eigenvalue weighted by Crippen LogP contribution is -2.21. The van der Waals surface area contributed by atoms with Crippen LogP contribution in [0.3, 0.4) is 0 Å². The molecule has 0 amide bonds. The number of carbonyl (C=O) groups is 1. The molecule has 5 rings (SSSR count). The van der Waals surface area contributed by atoms with Crippen LogP contribution in [0.4, 0.5) is 0 Å². The Labute approximate surface area is 254 Å². The monoisotopic (exact) mass is 596 g/mol. The molecule has 1 atom stereocenters.